The summed E-state index contributed by atoms with van der Waals surface area (Å²) in [6, 6.07) is -0.263. The second-order valence-electron chi connectivity index (χ2n) is 4.28. The molecule has 0 aliphatic rings. The monoisotopic (exact) mass is 269 g/mol. The first-order chi connectivity index (χ1) is 8.96. The fourth-order valence-corrected chi connectivity index (χ4v) is 2.07. The molecule has 19 heavy (non-hydrogen) atoms. The van der Waals surface area contributed by atoms with E-state index in [2.05, 4.69) is 9.84 Å². The zero-order valence-corrected chi connectivity index (χ0v) is 11.7. The number of nitro groups is 1. The highest BCUT2D eigenvalue weighted by atomic mass is 16.6. The summed E-state index contributed by atoms with van der Waals surface area (Å²) in [4.78, 5) is 22.0. The Morgan fingerprint density at radius 3 is 2.53 bits per heavy atom. The van der Waals surface area contributed by atoms with Crippen LogP contribution in [0.5, 0.6) is 0 Å². The van der Waals surface area contributed by atoms with Crippen LogP contribution in [-0.2, 0) is 22.4 Å². The van der Waals surface area contributed by atoms with Crippen LogP contribution in [0.1, 0.15) is 44.6 Å². The Morgan fingerprint density at radius 2 is 2.11 bits per heavy atom. The Kier molecular flexibility index (Phi) is 5.02. The number of aromatic nitrogens is 2. The van der Waals surface area contributed by atoms with Crippen molar-refractivity contribution in [3.63, 3.8) is 0 Å². The first-order valence-corrected chi connectivity index (χ1v) is 6.27. The minimum atomic E-state index is -0.397. The van der Waals surface area contributed by atoms with Crippen molar-refractivity contribution >= 4 is 11.7 Å². The molecule has 0 aliphatic heterocycles. The molecule has 0 amide bonds. The van der Waals surface area contributed by atoms with Gasteiger partial charge in [-0.15, -0.1) is 0 Å². The lowest BCUT2D eigenvalue weighted by molar-refractivity contribution is -0.386. The van der Waals surface area contributed by atoms with Gasteiger partial charge in [-0.1, -0.05) is 13.8 Å². The SMILES string of the molecule is CCc1nn(C(C)CC(=O)OC)c(CC)c1[N+](=O)[O-]. The third kappa shape index (κ3) is 3.10. The minimum Gasteiger partial charge on any atom is -0.469 e. The molecule has 106 valence electrons. The van der Waals surface area contributed by atoms with Gasteiger partial charge in [-0.2, -0.15) is 5.10 Å². The Morgan fingerprint density at radius 1 is 1.47 bits per heavy atom. The Labute approximate surface area is 111 Å². The fraction of sp³-hybridized carbons (Fsp3) is 0.667. The van der Waals surface area contributed by atoms with Crippen molar-refractivity contribution in [1.29, 1.82) is 0 Å². The summed E-state index contributed by atoms with van der Waals surface area (Å²) < 4.78 is 6.19. The zero-order chi connectivity index (χ0) is 14.6. The molecule has 0 bridgehead atoms. The normalized spacial score (nSPS) is 12.2. The van der Waals surface area contributed by atoms with E-state index in [1.165, 1.54) is 7.11 Å². The third-order valence-electron chi connectivity index (χ3n) is 3.01. The predicted octanol–water partition coefficient (Wildman–Crippen LogP) is 2.04. The average molecular weight is 269 g/mol. The average Bonchev–Trinajstić information content (AvgIpc) is 2.76. The highest BCUT2D eigenvalue weighted by Gasteiger charge is 2.28. The van der Waals surface area contributed by atoms with Crippen molar-refractivity contribution in [3.8, 4) is 0 Å². The highest BCUT2D eigenvalue weighted by Crippen LogP contribution is 2.28. The van der Waals surface area contributed by atoms with Crippen LogP contribution in [0.3, 0.4) is 0 Å². The van der Waals surface area contributed by atoms with Crippen molar-refractivity contribution in [1.82, 2.24) is 9.78 Å². The maximum Gasteiger partial charge on any atom is 0.313 e. The summed E-state index contributed by atoms with van der Waals surface area (Å²) in [6.45, 7) is 5.46. The number of methoxy groups -OCH3 is 1. The first-order valence-electron chi connectivity index (χ1n) is 6.27. The molecule has 1 aromatic rings. The summed E-state index contributed by atoms with van der Waals surface area (Å²) in [5.74, 6) is -0.356. The number of hydrogen-bond acceptors (Lipinski definition) is 5. The minimum absolute atomic E-state index is 0.0710. The summed E-state index contributed by atoms with van der Waals surface area (Å²) in [7, 11) is 1.32. The van der Waals surface area contributed by atoms with Gasteiger partial charge in [-0.3, -0.25) is 19.6 Å². The van der Waals surface area contributed by atoms with Crippen molar-refractivity contribution in [3.05, 3.63) is 21.5 Å². The maximum absolute atomic E-state index is 11.3. The second kappa shape index (κ2) is 6.31. The van der Waals surface area contributed by atoms with E-state index in [4.69, 9.17) is 0 Å². The first kappa shape index (κ1) is 15.1. The smallest absolute Gasteiger partial charge is 0.313 e. The standard InChI is InChI=1S/C12H19N3O4/c1-5-9-12(15(17)18)10(6-2)14(13-9)8(3)7-11(16)19-4/h8H,5-7H2,1-4H3. The molecule has 0 aliphatic carbocycles. The summed E-state index contributed by atoms with van der Waals surface area (Å²) in [5, 5.41) is 15.4. The van der Waals surface area contributed by atoms with Gasteiger partial charge in [-0.25, -0.2) is 0 Å². The van der Waals surface area contributed by atoms with Gasteiger partial charge in [0.1, 0.15) is 11.4 Å². The molecule has 7 heteroatoms. The third-order valence-corrected chi connectivity index (χ3v) is 3.01. The zero-order valence-electron chi connectivity index (χ0n) is 11.7. The maximum atomic E-state index is 11.3. The van der Waals surface area contributed by atoms with E-state index >= 15 is 0 Å². The molecule has 1 heterocycles. The van der Waals surface area contributed by atoms with E-state index in [-0.39, 0.29) is 24.1 Å². The van der Waals surface area contributed by atoms with Crippen LogP contribution in [0.25, 0.3) is 0 Å². The predicted molar refractivity (Wildman–Crippen MR) is 69.0 cm³/mol. The second-order valence-corrected chi connectivity index (χ2v) is 4.28. The van der Waals surface area contributed by atoms with Gasteiger partial charge in [-0.05, 0) is 19.8 Å². The van der Waals surface area contributed by atoms with Crippen LogP contribution in [0.15, 0.2) is 0 Å². The van der Waals surface area contributed by atoms with Crippen LogP contribution in [0, 0.1) is 10.1 Å². The number of esters is 1. The molecule has 0 saturated carbocycles. The number of hydrogen-bond donors (Lipinski definition) is 0. The lowest BCUT2D eigenvalue weighted by Gasteiger charge is -2.13. The fourth-order valence-electron chi connectivity index (χ4n) is 2.07. The number of aryl methyl sites for hydroxylation is 1. The van der Waals surface area contributed by atoms with E-state index in [9.17, 15) is 14.9 Å². The van der Waals surface area contributed by atoms with Gasteiger partial charge >= 0.3 is 11.7 Å². The number of rotatable bonds is 6. The molecule has 1 rings (SSSR count). The summed E-state index contributed by atoms with van der Waals surface area (Å²) in [6.07, 6.45) is 1.13. The van der Waals surface area contributed by atoms with Crippen molar-refractivity contribution < 1.29 is 14.5 Å². The van der Waals surface area contributed by atoms with Gasteiger partial charge in [0.05, 0.1) is 24.5 Å². The lowest BCUT2D eigenvalue weighted by Crippen LogP contribution is -2.15. The molecule has 1 aromatic heterocycles. The Hall–Kier alpha value is -1.92. The molecule has 0 saturated heterocycles. The van der Waals surface area contributed by atoms with Crippen molar-refractivity contribution in [2.45, 2.75) is 46.1 Å². The molecule has 1 unspecified atom stereocenters. The van der Waals surface area contributed by atoms with Crippen LogP contribution < -0.4 is 0 Å². The largest absolute Gasteiger partial charge is 0.469 e. The van der Waals surface area contributed by atoms with Gasteiger partial charge in [0, 0.05) is 0 Å². The van der Waals surface area contributed by atoms with Crippen molar-refractivity contribution in [2.24, 2.45) is 0 Å². The lowest BCUT2D eigenvalue weighted by atomic mass is 10.2. The topological polar surface area (TPSA) is 87.3 Å². The summed E-state index contributed by atoms with van der Waals surface area (Å²) in [5.41, 5.74) is 1.08. The molecular formula is C12H19N3O4. The molecule has 0 aromatic carbocycles. The highest BCUT2D eigenvalue weighted by molar-refractivity contribution is 5.69. The van der Waals surface area contributed by atoms with Gasteiger partial charge < -0.3 is 4.74 Å². The molecule has 0 N–H and O–H groups in total. The molecule has 0 fully saturated rings. The number of carbonyl (C=O) groups is 1. The number of ether oxygens (including phenoxy) is 1. The quantitative estimate of drug-likeness (QED) is 0.448. The van der Waals surface area contributed by atoms with E-state index in [1.54, 1.807) is 11.6 Å². The van der Waals surface area contributed by atoms with Crippen molar-refractivity contribution in [2.75, 3.05) is 7.11 Å². The van der Waals surface area contributed by atoms with Crippen LogP contribution in [-0.4, -0.2) is 27.8 Å². The Bertz CT molecular complexity index is 482. The van der Waals surface area contributed by atoms with Crippen LogP contribution >= 0.6 is 0 Å². The molecule has 7 nitrogen and oxygen atoms in total. The molecule has 1 atom stereocenters. The summed E-state index contributed by atoms with van der Waals surface area (Å²) >= 11 is 0. The van der Waals surface area contributed by atoms with E-state index in [0.29, 0.717) is 24.2 Å². The van der Waals surface area contributed by atoms with Crippen LogP contribution in [0.4, 0.5) is 5.69 Å². The molecule has 0 spiro atoms. The Balaban J connectivity index is 3.20. The van der Waals surface area contributed by atoms with Gasteiger partial charge in [0.15, 0.2) is 0 Å². The van der Waals surface area contributed by atoms with Crippen LogP contribution in [0.2, 0.25) is 0 Å². The molecule has 0 radical (unpaired) electrons. The van der Waals surface area contributed by atoms with Gasteiger partial charge in [0.2, 0.25) is 0 Å². The molecular weight excluding hydrogens is 250 g/mol. The number of carbonyl (C=O) groups excluding carboxylic acids is 1. The van der Waals surface area contributed by atoms with E-state index in [0.717, 1.165) is 0 Å². The van der Waals surface area contributed by atoms with E-state index in [1.807, 2.05) is 13.8 Å². The van der Waals surface area contributed by atoms with E-state index < -0.39 is 4.92 Å². The van der Waals surface area contributed by atoms with Gasteiger partial charge in [0.25, 0.3) is 0 Å². The number of nitrogens with zero attached hydrogens (tertiary/aromatic N) is 3.